The van der Waals surface area contributed by atoms with Gasteiger partial charge in [0.05, 0.1) is 10.0 Å². The average Bonchev–Trinajstić information content (AvgIpc) is 2.08. The topological polar surface area (TPSA) is 0 Å². The SMILES string of the molecule is ClCC=Cc1cccc(Cl)c1Cl. The van der Waals surface area contributed by atoms with E-state index in [1.807, 2.05) is 24.3 Å². The zero-order valence-corrected chi connectivity index (χ0v) is 8.50. The van der Waals surface area contributed by atoms with Gasteiger partial charge in [-0.15, -0.1) is 11.6 Å². The molecule has 0 aliphatic rings. The second-order valence-electron chi connectivity index (χ2n) is 2.20. The molecule has 1 rings (SSSR count). The number of halogens is 3. The molecule has 0 radical (unpaired) electrons. The Morgan fingerprint density at radius 3 is 2.67 bits per heavy atom. The van der Waals surface area contributed by atoms with Crippen molar-refractivity contribution < 1.29 is 0 Å². The van der Waals surface area contributed by atoms with Crippen molar-refractivity contribution in [2.45, 2.75) is 0 Å². The van der Waals surface area contributed by atoms with Gasteiger partial charge >= 0.3 is 0 Å². The van der Waals surface area contributed by atoms with Gasteiger partial charge in [0.25, 0.3) is 0 Å². The predicted octanol–water partition coefficient (Wildman–Crippen LogP) is 4.25. The number of hydrogen-bond acceptors (Lipinski definition) is 0. The third-order valence-corrected chi connectivity index (χ3v) is 2.38. The van der Waals surface area contributed by atoms with E-state index < -0.39 is 0 Å². The minimum Gasteiger partial charge on any atom is -0.122 e. The summed E-state index contributed by atoms with van der Waals surface area (Å²) in [4.78, 5) is 0. The lowest BCUT2D eigenvalue weighted by molar-refractivity contribution is 1.64. The van der Waals surface area contributed by atoms with Crippen LogP contribution in [0, 0.1) is 0 Å². The summed E-state index contributed by atoms with van der Waals surface area (Å²) >= 11 is 17.2. The Kier molecular flexibility index (Phi) is 3.93. The minimum atomic E-state index is 0.475. The van der Waals surface area contributed by atoms with E-state index >= 15 is 0 Å². The molecule has 0 aromatic heterocycles. The van der Waals surface area contributed by atoms with Crippen molar-refractivity contribution in [3.63, 3.8) is 0 Å². The molecule has 0 N–H and O–H groups in total. The van der Waals surface area contributed by atoms with Crippen LogP contribution in [0.2, 0.25) is 10.0 Å². The summed E-state index contributed by atoms with van der Waals surface area (Å²) in [5, 5.41) is 1.13. The predicted molar refractivity (Wildman–Crippen MR) is 56.2 cm³/mol. The van der Waals surface area contributed by atoms with Gasteiger partial charge in [0.15, 0.2) is 0 Å². The molecule has 0 aliphatic carbocycles. The molecule has 0 amide bonds. The molecule has 1 aromatic rings. The lowest BCUT2D eigenvalue weighted by Gasteiger charge is -1.98. The first-order valence-corrected chi connectivity index (χ1v) is 4.71. The van der Waals surface area contributed by atoms with E-state index in [1.54, 1.807) is 6.07 Å². The van der Waals surface area contributed by atoms with Crippen molar-refractivity contribution >= 4 is 40.9 Å². The summed E-state index contributed by atoms with van der Waals surface area (Å²) in [5.41, 5.74) is 0.893. The first-order chi connectivity index (χ1) is 5.75. The van der Waals surface area contributed by atoms with E-state index in [-0.39, 0.29) is 0 Å². The maximum atomic E-state index is 5.90. The Balaban J connectivity index is 3.00. The van der Waals surface area contributed by atoms with Crippen LogP contribution in [0.4, 0.5) is 0 Å². The molecule has 0 bridgehead atoms. The molecule has 0 nitrogen and oxygen atoms in total. The van der Waals surface area contributed by atoms with E-state index in [1.165, 1.54) is 0 Å². The number of hydrogen-bond donors (Lipinski definition) is 0. The maximum absolute atomic E-state index is 5.90. The van der Waals surface area contributed by atoms with E-state index in [0.717, 1.165) is 5.56 Å². The minimum absolute atomic E-state index is 0.475. The molecule has 1 aromatic carbocycles. The number of benzene rings is 1. The van der Waals surface area contributed by atoms with Gasteiger partial charge in [0.1, 0.15) is 0 Å². The Bertz CT molecular complexity index is 292. The molecule has 3 heteroatoms. The van der Waals surface area contributed by atoms with Crippen molar-refractivity contribution in [3.05, 3.63) is 39.9 Å². The quantitative estimate of drug-likeness (QED) is 0.655. The standard InChI is InChI=1S/C9H7Cl3/c10-6-2-4-7-3-1-5-8(11)9(7)12/h1-5H,6H2. The first kappa shape index (κ1) is 9.91. The summed E-state index contributed by atoms with van der Waals surface area (Å²) in [6, 6.07) is 5.49. The first-order valence-electron chi connectivity index (χ1n) is 3.42. The molecule has 0 spiro atoms. The van der Waals surface area contributed by atoms with E-state index in [4.69, 9.17) is 34.8 Å². The molecule has 0 saturated heterocycles. The highest BCUT2D eigenvalue weighted by Crippen LogP contribution is 2.26. The van der Waals surface area contributed by atoms with Gasteiger partial charge in [-0.25, -0.2) is 0 Å². The fraction of sp³-hybridized carbons (Fsp3) is 0.111. The van der Waals surface area contributed by atoms with Gasteiger partial charge in [-0.3, -0.25) is 0 Å². The normalized spacial score (nSPS) is 10.9. The lowest BCUT2D eigenvalue weighted by atomic mass is 10.2. The fourth-order valence-electron chi connectivity index (χ4n) is 0.821. The van der Waals surface area contributed by atoms with Crippen molar-refractivity contribution in [1.82, 2.24) is 0 Å². The molecule has 0 unspecified atom stereocenters. The summed E-state index contributed by atoms with van der Waals surface area (Å²) < 4.78 is 0. The molecular weight excluding hydrogens is 214 g/mol. The molecule has 0 atom stereocenters. The summed E-state index contributed by atoms with van der Waals surface area (Å²) in [7, 11) is 0. The molecule has 12 heavy (non-hydrogen) atoms. The molecule has 0 heterocycles. The largest absolute Gasteiger partial charge is 0.122 e. The molecule has 64 valence electrons. The van der Waals surface area contributed by atoms with Gasteiger partial charge in [-0.2, -0.15) is 0 Å². The van der Waals surface area contributed by atoms with Gasteiger partial charge < -0.3 is 0 Å². The second kappa shape index (κ2) is 4.76. The zero-order valence-electron chi connectivity index (χ0n) is 6.23. The average molecular weight is 222 g/mol. The summed E-state index contributed by atoms with van der Waals surface area (Å²) in [6.45, 7) is 0. The number of alkyl halides is 1. The van der Waals surface area contributed by atoms with Crippen LogP contribution in [0.5, 0.6) is 0 Å². The third-order valence-electron chi connectivity index (χ3n) is 1.37. The van der Waals surface area contributed by atoms with Crippen LogP contribution in [-0.2, 0) is 0 Å². The van der Waals surface area contributed by atoms with Crippen molar-refractivity contribution in [1.29, 1.82) is 0 Å². The Morgan fingerprint density at radius 2 is 2.00 bits per heavy atom. The third kappa shape index (κ3) is 2.41. The lowest BCUT2D eigenvalue weighted by Crippen LogP contribution is -1.75. The zero-order chi connectivity index (χ0) is 8.97. The van der Waals surface area contributed by atoms with Crippen LogP contribution in [0.15, 0.2) is 24.3 Å². The van der Waals surface area contributed by atoms with Crippen LogP contribution >= 0.6 is 34.8 Å². The van der Waals surface area contributed by atoms with Crippen LogP contribution in [0.25, 0.3) is 6.08 Å². The van der Waals surface area contributed by atoms with E-state index in [9.17, 15) is 0 Å². The summed E-state index contributed by atoms with van der Waals surface area (Å²) in [5.74, 6) is 0.475. The van der Waals surface area contributed by atoms with Crippen molar-refractivity contribution in [2.75, 3.05) is 5.88 Å². The Hall–Kier alpha value is -0.170. The smallest absolute Gasteiger partial charge is 0.0664 e. The number of allylic oxidation sites excluding steroid dienone is 1. The maximum Gasteiger partial charge on any atom is 0.0664 e. The van der Waals surface area contributed by atoms with Crippen molar-refractivity contribution in [3.8, 4) is 0 Å². The van der Waals surface area contributed by atoms with Crippen LogP contribution < -0.4 is 0 Å². The van der Waals surface area contributed by atoms with E-state index in [2.05, 4.69) is 0 Å². The molecule has 0 fully saturated rings. The second-order valence-corrected chi connectivity index (χ2v) is 3.29. The van der Waals surface area contributed by atoms with E-state index in [0.29, 0.717) is 15.9 Å². The van der Waals surface area contributed by atoms with Crippen LogP contribution in [-0.4, -0.2) is 5.88 Å². The molecular formula is C9H7Cl3. The number of rotatable bonds is 2. The molecule has 0 saturated carbocycles. The summed E-state index contributed by atoms with van der Waals surface area (Å²) in [6.07, 6.45) is 3.67. The van der Waals surface area contributed by atoms with Gasteiger partial charge in [-0.05, 0) is 11.6 Å². The Morgan fingerprint density at radius 1 is 1.25 bits per heavy atom. The highest BCUT2D eigenvalue weighted by molar-refractivity contribution is 6.42. The molecule has 0 aliphatic heterocycles. The van der Waals surface area contributed by atoms with Crippen LogP contribution in [0.3, 0.4) is 0 Å². The van der Waals surface area contributed by atoms with Gasteiger partial charge in [0, 0.05) is 5.88 Å². The van der Waals surface area contributed by atoms with Crippen LogP contribution in [0.1, 0.15) is 5.56 Å². The highest BCUT2D eigenvalue weighted by atomic mass is 35.5. The Labute approximate surface area is 86.7 Å². The van der Waals surface area contributed by atoms with Gasteiger partial charge in [0.2, 0.25) is 0 Å². The fourth-order valence-corrected chi connectivity index (χ4v) is 1.28. The van der Waals surface area contributed by atoms with Gasteiger partial charge in [-0.1, -0.05) is 47.5 Å². The highest BCUT2D eigenvalue weighted by Gasteiger charge is 1.99. The monoisotopic (exact) mass is 220 g/mol. The van der Waals surface area contributed by atoms with Crippen molar-refractivity contribution in [2.24, 2.45) is 0 Å².